The first-order valence-corrected chi connectivity index (χ1v) is 8.59. The van der Waals surface area contributed by atoms with E-state index in [1.165, 1.54) is 0 Å². The van der Waals surface area contributed by atoms with E-state index in [4.69, 9.17) is 9.26 Å². The van der Waals surface area contributed by atoms with Gasteiger partial charge < -0.3 is 14.6 Å². The fourth-order valence-electron chi connectivity index (χ4n) is 3.13. The van der Waals surface area contributed by atoms with Crippen molar-refractivity contribution >= 4 is 6.09 Å². The minimum atomic E-state index is -0.522. The van der Waals surface area contributed by atoms with E-state index in [2.05, 4.69) is 20.4 Å². The number of alkyl carbamates (subject to hydrolysis) is 1. The molecule has 2 heterocycles. The summed E-state index contributed by atoms with van der Waals surface area (Å²) in [6, 6.07) is 3.68. The molecule has 0 unspecified atom stereocenters. The Hall–Kier alpha value is -2.44. The Labute approximate surface area is 147 Å². The third-order valence-electron chi connectivity index (χ3n) is 4.35. The Bertz CT molecular complexity index is 715. The van der Waals surface area contributed by atoms with Gasteiger partial charge in [0, 0.05) is 24.5 Å². The molecule has 1 aliphatic carbocycles. The zero-order valence-electron chi connectivity index (χ0n) is 14.9. The van der Waals surface area contributed by atoms with Gasteiger partial charge in [0.05, 0.1) is 5.41 Å². The Balaban J connectivity index is 1.75. The number of carbonyl (C=O) groups excluding carboxylic acids is 1. The zero-order valence-corrected chi connectivity index (χ0v) is 14.9. The first kappa shape index (κ1) is 17.4. The smallest absolute Gasteiger partial charge is 0.407 e. The summed E-state index contributed by atoms with van der Waals surface area (Å²) >= 11 is 0. The summed E-state index contributed by atoms with van der Waals surface area (Å²) in [6.45, 7) is 5.96. The third-order valence-corrected chi connectivity index (χ3v) is 4.35. The summed E-state index contributed by atoms with van der Waals surface area (Å²) < 4.78 is 10.9. The quantitative estimate of drug-likeness (QED) is 0.913. The van der Waals surface area contributed by atoms with Gasteiger partial charge in [-0.25, -0.2) is 4.79 Å². The molecule has 7 nitrogen and oxygen atoms in total. The third kappa shape index (κ3) is 4.15. The molecule has 1 aliphatic rings. The van der Waals surface area contributed by atoms with Crippen LogP contribution in [0, 0.1) is 0 Å². The molecule has 0 aliphatic heterocycles. The Morgan fingerprint density at radius 2 is 1.96 bits per heavy atom. The van der Waals surface area contributed by atoms with Crippen LogP contribution >= 0.6 is 0 Å². The average Bonchev–Trinajstić information content (AvgIpc) is 3.22. The van der Waals surface area contributed by atoms with Crippen LogP contribution in [0.1, 0.15) is 52.3 Å². The standard InChI is InChI=1S/C18H24N4O3/c1-17(2,3)24-16(23)20-12-18(8-4-5-9-18)15-21-14(22-25-15)13-6-10-19-11-7-13/h6-7,10-11H,4-5,8-9,12H2,1-3H3,(H,20,23). The molecule has 134 valence electrons. The van der Waals surface area contributed by atoms with Crippen molar-refractivity contribution in [3.63, 3.8) is 0 Å². The van der Waals surface area contributed by atoms with Crippen molar-refractivity contribution in [2.45, 2.75) is 57.5 Å². The zero-order chi connectivity index (χ0) is 17.9. The normalized spacial score (nSPS) is 16.6. The molecule has 0 bridgehead atoms. The summed E-state index contributed by atoms with van der Waals surface area (Å²) in [4.78, 5) is 20.6. The first-order valence-electron chi connectivity index (χ1n) is 8.59. The van der Waals surface area contributed by atoms with E-state index in [0.717, 1.165) is 31.2 Å². The van der Waals surface area contributed by atoms with Gasteiger partial charge in [-0.3, -0.25) is 4.98 Å². The molecule has 0 saturated heterocycles. The van der Waals surface area contributed by atoms with E-state index in [1.807, 2.05) is 32.9 Å². The lowest BCUT2D eigenvalue weighted by Crippen LogP contribution is -2.41. The Kier molecular flexibility index (Phi) is 4.74. The van der Waals surface area contributed by atoms with Crippen molar-refractivity contribution in [1.29, 1.82) is 0 Å². The Morgan fingerprint density at radius 1 is 1.28 bits per heavy atom. The number of amides is 1. The average molecular weight is 344 g/mol. The van der Waals surface area contributed by atoms with Crippen LogP contribution in [0.5, 0.6) is 0 Å². The van der Waals surface area contributed by atoms with Crippen LogP contribution in [0.4, 0.5) is 4.79 Å². The molecule has 1 N–H and O–H groups in total. The molecule has 1 fully saturated rings. The van der Waals surface area contributed by atoms with E-state index in [1.54, 1.807) is 12.4 Å². The van der Waals surface area contributed by atoms with Crippen molar-refractivity contribution in [2.24, 2.45) is 0 Å². The van der Waals surface area contributed by atoms with Gasteiger partial charge in [0.15, 0.2) is 0 Å². The van der Waals surface area contributed by atoms with Gasteiger partial charge in [-0.15, -0.1) is 0 Å². The van der Waals surface area contributed by atoms with E-state index in [9.17, 15) is 4.79 Å². The van der Waals surface area contributed by atoms with Gasteiger partial charge in [0.2, 0.25) is 11.7 Å². The van der Waals surface area contributed by atoms with Crippen molar-refractivity contribution in [2.75, 3.05) is 6.54 Å². The minimum absolute atomic E-state index is 0.324. The molecule has 0 spiro atoms. The van der Waals surface area contributed by atoms with Crippen LogP contribution in [0.15, 0.2) is 29.0 Å². The number of aromatic nitrogens is 3. The highest BCUT2D eigenvalue weighted by molar-refractivity contribution is 5.67. The van der Waals surface area contributed by atoms with E-state index in [-0.39, 0.29) is 5.41 Å². The van der Waals surface area contributed by atoms with Crippen molar-refractivity contribution < 1.29 is 14.1 Å². The lowest BCUT2D eigenvalue weighted by Gasteiger charge is -2.26. The van der Waals surface area contributed by atoms with Crippen LogP contribution in [0.25, 0.3) is 11.4 Å². The molecule has 1 saturated carbocycles. The van der Waals surface area contributed by atoms with Crippen LogP contribution < -0.4 is 5.32 Å². The second-order valence-electron chi connectivity index (χ2n) is 7.50. The van der Waals surface area contributed by atoms with E-state index in [0.29, 0.717) is 18.3 Å². The largest absolute Gasteiger partial charge is 0.444 e. The van der Waals surface area contributed by atoms with Crippen LogP contribution in [-0.4, -0.2) is 33.4 Å². The number of nitrogens with zero attached hydrogens (tertiary/aromatic N) is 3. The molecule has 0 aromatic carbocycles. The van der Waals surface area contributed by atoms with E-state index < -0.39 is 11.7 Å². The van der Waals surface area contributed by atoms with Gasteiger partial charge in [-0.1, -0.05) is 18.0 Å². The van der Waals surface area contributed by atoms with Gasteiger partial charge >= 0.3 is 6.09 Å². The summed E-state index contributed by atoms with van der Waals surface area (Å²) in [5.74, 6) is 1.12. The van der Waals surface area contributed by atoms with Gasteiger partial charge in [0.1, 0.15) is 5.60 Å². The summed E-state index contributed by atoms with van der Waals surface area (Å²) in [5.41, 5.74) is 0.0134. The van der Waals surface area contributed by atoms with Crippen LogP contribution in [0.3, 0.4) is 0 Å². The molecule has 0 radical (unpaired) electrons. The summed E-state index contributed by atoms with van der Waals surface area (Å²) in [7, 11) is 0. The maximum Gasteiger partial charge on any atom is 0.407 e. The SMILES string of the molecule is CC(C)(C)OC(=O)NCC1(c2nc(-c3ccncc3)no2)CCCC1. The predicted molar refractivity (Wildman–Crippen MR) is 91.9 cm³/mol. The van der Waals surface area contributed by atoms with E-state index >= 15 is 0 Å². The maximum absolute atomic E-state index is 12.0. The lowest BCUT2D eigenvalue weighted by molar-refractivity contribution is 0.0510. The minimum Gasteiger partial charge on any atom is -0.444 e. The molecule has 0 atom stereocenters. The highest BCUT2D eigenvalue weighted by atomic mass is 16.6. The number of ether oxygens (including phenoxy) is 1. The second kappa shape index (κ2) is 6.82. The van der Waals surface area contributed by atoms with Crippen LogP contribution in [0.2, 0.25) is 0 Å². The van der Waals surface area contributed by atoms with Gasteiger partial charge in [-0.05, 0) is 45.7 Å². The van der Waals surface area contributed by atoms with Crippen LogP contribution in [-0.2, 0) is 10.2 Å². The highest BCUT2D eigenvalue weighted by Gasteiger charge is 2.41. The Morgan fingerprint density at radius 3 is 2.60 bits per heavy atom. The lowest BCUT2D eigenvalue weighted by atomic mass is 9.86. The molecule has 2 aromatic heterocycles. The number of pyridine rings is 1. The molecule has 7 heteroatoms. The maximum atomic E-state index is 12.0. The van der Waals surface area contributed by atoms with Crippen molar-refractivity contribution in [1.82, 2.24) is 20.4 Å². The molecule has 25 heavy (non-hydrogen) atoms. The summed E-state index contributed by atoms with van der Waals surface area (Å²) in [6.07, 6.45) is 6.92. The fraction of sp³-hybridized carbons (Fsp3) is 0.556. The first-order chi connectivity index (χ1) is 11.9. The van der Waals surface area contributed by atoms with Crippen molar-refractivity contribution in [3.05, 3.63) is 30.4 Å². The second-order valence-corrected chi connectivity index (χ2v) is 7.50. The molecular formula is C18H24N4O3. The number of hydrogen-bond acceptors (Lipinski definition) is 6. The molecule has 1 amide bonds. The van der Waals surface area contributed by atoms with Crippen molar-refractivity contribution in [3.8, 4) is 11.4 Å². The molecule has 3 rings (SSSR count). The highest BCUT2D eigenvalue weighted by Crippen LogP contribution is 2.40. The number of nitrogens with one attached hydrogen (secondary N) is 1. The number of rotatable bonds is 4. The molecular weight excluding hydrogens is 320 g/mol. The number of carbonyl (C=O) groups is 1. The monoisotopic (exact) mass is 344 g/mol. The van der Waals surface area contributed by atoms with Gasteiger partial charge in [0.25, 0.3) is 0 Å². The summed E-state index contributed by atoms with van der Waals surface area (Å²) in [5, 5.41) is 6.98. The topological polar surface area (TPSA) is 90.1 Å². The predicted octanol–water partition coefficient (Wildman–Crippen LogP) is 3.47. The number of hydrogen-bond donors (Lipinski definition) is 1. The molecule has 2 aromatic rings. The van der Waals surface area contributed by atoms with Gasteiger partial charge in [-0.2, -0.15) is 4.98 Å². The fourth-order valence-corrected chi connectivity index (χ4v) is 3.13.